The number of amides is 1. The van der Waals surface area contributed by atoms with E-state index in [4.69, 9.17) is 5.11 Å². The van der Waals surface area contributed by atoms with Crippen LogP contribution < -0.4 is 0 Å². The zero-order valence-corrected chi connectivity index (χ0v) is 10.6. The second kappa shape index (κ2) is 4.80. The molecule has 2 heterocycles. The van der Waals surface area contributed by atoms with E-state index in [-0.39, 0.29) is 5.91 Å². The Morgan fingerprint density at radius 3 is 2.89 bits per heavy atom. The number of aryl methyl sites for hydroxylation is 2. The highest BCUT2D eigenvalue weighted by molar-refractivity contribution is 5.97. The summed E-state index contributed by atoms with van der Waals surface area (Å²) in [6, 6.07) is -0.692. The Morgan fingerprint density at radius 1 is 1.56 bits per heavy atom. The van der Waals surface area contributed by atoms with Gasteiger partial charge in [0.15, 0.2) is 0 Å². The van der Waals surface area contributed by atoms with Crippen molar-refractivity contribution in [2.45, 2.75) is 32.2 Å². The van der Waals surface area contributed by atoms with Crippen LogP contribution in [0.2, 0.25) is 0 Å². The van der Waals surface area contributed by atoms with Gasteiger partial charge in [-0.25, -0.2) is 4.79 Å². The zero-order chi connectivity index (χ0) is 13.3. The Morgan fingerprint density at radius 2 is 2.28 bits per heavy atom. The van der Waals surface area contributed by atoms with E-state index < -0.39 is 12.0 Å². The van der Waals surface area contributed by atoms with Gasteiger partial charge in [-0.2, -0.15) is 5.10 Å². The first kappa shape index (κ1) is 12.6. The summed E-state index contributed by atoms with van der Waals surface area (Å²) in [6.45, 7) is 2.44. The Balaban J connectivity index is 2.27. The third kappa shape index (κ3) is 2.10. The molecule has 1 amide bonds. The first-order chi connectivity index (χ1) is 8.54. The van der Waals surface area contributed by atoms with Gasteiger partial charge in [-0.15, -0.1) is 0 Å². The van der Waals surface area contributed by atoms with Crippen LogP contribution in [0.25, 0.3) is 0 Å². The number of aliphatic carboxylic acids is 1. The third-order valence-electron chi connectivity index (χ3n) is 3.27. The van der Waals surface area contributed by atoms with Crippen molar-refractivity contribution < 1.29 is 14.7 Å². The molecule has 1 aliphatic heterocycles. The topological polar surface area (TPSA) is 75.4 Å². The van der Waals surface area contributed by atoms with Gasteiger partial charge in [0.25, 0.3) is 5.91 Å². The lowest BCUT2D eigenvalue weighted by Crippen LogP contribution is -2.40. The van der Waals surface area contributed by atoms with Crippen LogP contribution in [-0.2, 0) is 18.3 Å². The monoisotopic (exact) mass is 251 g/mol. The van der Waals surface area contributed by atoms with Crippen LogP contribution in [0.4, 0.5) is 0 Å². The number of carboxylic acid groups (broad SMARTS) is 1. The molecule has 6 nitrogen and oxygen atoms in total. The molecular weight excluding hydrogens is 234 g/mol. The fraction of sp³-hybridized carbons (Fsp3) is 0.583. The number of aromatic nitrogens is 2. The Hall–Kier alpha value is -1.85. The molecule has 0 bridgehead atoms. The lowest BCUT2D eigenvalue weighted by atomic mass is 10.1. The van der Waals surface area contributed by atoms with Crippen LogP contribution in [0, 0.1) is 0 Å². The number of carbonyl (C=O) groups excluding carboxylic acids is 1. The smallest absolute Gasteiger partial charge is 0.326 e. The molecule has 98 valence electrons. The molecule has 6 heteroatoms. The number of nitrogens with zero attached hydrogens (tertiary/aromatic N) is 3. The molecule has 0 unspecified atom stereocenters. The predicted octanol–water partition coefficient (Wildman–Crippen LogP) is 0.672. The molecule has 0 aliphatic carbocycles. The quantitative estimate of drug-likeness (QED) is 0.856. The van der Waals surface area contributed by atoms with E-state index in [9.17, 15) is 9.59 Å². The second-order valence-electron chi connectivity index (χ2n) is 4.51. The number of hydrogen-bond donors (Lipinski definition) is 1. The van der Waals surface area contributed by atoms with Gasteiger partial charge in [-0.1, -0.05) is 6.92 Å². The number of likely N-dealkylation sites (tertiary alicyclic amines) is 1. The number of hydrogen-bond acceptors (Lipinski definition) is 3. The molecule has 1 N–H and O–H groups in total. The molecule has 2 rings (SSSR count). The zero-order valence-electron chi connectivity index (χ0n) is 10.6. The van der Waals surface area contributed by atoms with Gasteiger partial charge in [0.1, 0.15) is 6.04 Å². The van der Waals surface area contributed by atoms with Crippen LogP contribution in [-0.4, -0.2) is 44.3 Å². The fourth-order valence-corrected chi connectivity index (χ4v) is 2.40. The van der Waals surface area contributed by atoms with Crippen LogP contribution in [0.3, 0.4) is 0 Å². The normalized spacial score (nSPS) is 19.2. The van der Waals surface area contributed by atoms with Crippen LogP contribution >= 0.6 is 0 Å². The minimum atomic E-state index is -0.928. The maximum absolute atomic E-state index is 12.4. The van der Waals surface area contributed by atoms with Gasteiger partial charge in [-0.05, 0) is 19.3 Å². The third-order valence-corrected chi connectivity index (χ3v) is 3.27. The van der Waals surface area contributed by atoms with Crippen molar-refractivity contribution in [3.63, 3.8) is 0 Å². The van der Waals surface area contributed by atoms with E-state index in [1.54, 1.807) is 17.9 Å². The van der Waals surface area contributed by atoms with Crippen molar-refractivity contribution in [3.8, 4) is 0 Å². The average Bonchev–Trinajstić information content (AvgIpc) is 2.93. The summed E-state index contributed by atoms with van der Waals surface area (Å²) in [6.07, 6.45) is 3.60. The van der Waals surface area contributed by atoms with Gasteiger partial charge < -0.3 is 10.0 Å². The van der Waals surface area contributed by atoms with E-state index in [1.165, 1.54) is 4.90 Å². The molecule has 1 aromatic rings. The highest BCUT2D eigenvalue weighted by atomic mass is 16.4. The first-order valence-corrected chi connectivity index (χ1v) is 6.11. The van der Waals surface area contributed by atoms with E-state index >= 15 is 0 Å². The summed E-state index contributed by atoms with van der Waals surface area (Å²) in [7, 11) is 1.76. The summed E-state index contributed by atoms with van der Waals surface area (Å²) >= 11 is 0. The largest absolute Gasteiger partial charge is 0.480 e. The molecule has 1 aliphatic rings. The van der Waals surface area contributed by atoms with Crippen LogP contribution in [0.1, 0.15) is 35.8 Å². The van der Waals surface area contributed by atoms with Crippen molar-refractivity contribution >= 4 is 11.9 Å². The van der Waals surface area contributed by atoms with Gasteiger partial charge >= 0.3 is 5.97 Å². The van der Waals surface area contributed by atoms with Crippen molar-refractivity contribution in [2.75, 3.05) is 6.54 Å². The minimum Gasteiger partial charge on any atom is -0.480 e. The lowest BCUT2D eigenvalue weighted by molar-refractivity contribution is -0.141. The van der Waals surface area contributed by atoms with Gasteiger partial charge in [0.05, 0.1) is 11.3 Å². The minimum absolute atomic E-state index is 0.218. The highest BCUT2D eigenvalue weighted by Crippen LogP contribution is 2.21. The Labute approximate surface area is 105 Å². The van der Waals surface area contributed by atoms with Crippen molar-refractivity contribution in [3.05, 3.63) is 17.5 Å². The van der Waals surface area contributed by atoms with Gasteiger partial charge in [-0.3, -0.25) is 9.48 Å². The summed E-state index contributed by atoms with van der Waals surface area (Å²) in [5.41, 5.74) is 1.24. The van der Waals surface area contributed by atoms with Crippen LogP contribution in [0.15, 0.2) is 6.20 Å². The molecule has 0 radical (unpaired) electrons. The summed E-state index contributed by atoms with van der Waals surface area (Å²) < 4.78 is 1.60. The summed E-state index contributed by atoms with van der Waals surface area (Å²) in [5.74, 6) is -1.15. The highest BCUT2D eigenvalue weighted by Gasteiger charge is 2.35. The Kier molecular flexibility index (Phi) is 3.36. The van der Waals surface area contributed by atoms with E-state index in [1.807, 2.05) is 6.92 Å². The number of carboxylic acids is 1. The first-order valence-electron chi connectivity index (χ1n) is 6.11. The molecule has 1 fully saturated rings. The SMILES string of the molecule is CCc1nn(C)cc1C(=O)N1CCC[C@H]1C(=O)O. The molecule has 1 aromatic heterocycles. The van der Waals surface area contributed by atoms with Gasteiger partial charge in [0.2, 0.25) is 0 Å². The van der Waals surface area contributed by atoms with Crippen molar-refractivity contribution in [1.29, 1.82) is 0 Å². The van der Waals surface area contributed by atoms with E-state index in [0.29, 0.717) is 24.9 Å². The van der Waals surface area contributed by atoms with Crippen molar-refractivity contribution in [1.82, 2.24) is 14.7 Å². The molecule has 0 aromatic carbocycles. The van der Waals surface area contributed by atoms with Gasteiger partial charge in [0, 0.05) is 19.8 Å². The second-order valence-corrected chi connectivity index (χ2v) is 4.51. The predicted molar refractivity (Wildman–Crippen MR) is 64.3 cm³/mol. The van der Waals surface area contributed by atoms with Crippen molar-refractivity contribution in [2.24, 2.45) is 7.05 Å². The average molecular weight is 251 g/mol. The molecule has 18 heavy (non-hydrogen) atoms. The molecule has 0 saturated carbocycles. The molecule has 0 spiro atoms. The maximum Gasteiger partial charge on any atom is 0.326 e. The van der Waals surface area contributed by atoms with E-state index in [2.05, 4.69) is 5.10 Å². The molecular formula is C12H17N3O3. The lowest BCUT2D eigenvalue weighted by Gasteiger charge is -2.21. The van der Waals surface area contributed by atoms with Crippen LogP contribution in [0.5, 0.6) is 0 Å². The number of rotatable bonds is 3. The summed E-state index contributed by atoms with van der Waals surface area (Å²) in [5, 5.41) is 13.3. The van der Waals surface area contributed by atoms with E-state index in [0.717, 1.165) is 12.1 Å². The number of carbonyl (C=O) groups is 2. The molecule has 1 atom stereocenters. The standard InChI is InChI=1S/C12H17N3O3/c1-3-9-8(7-14(2)13-9)11(16)15-6-4-5-10(15)12(17)18/h7,10H,3-6H2,1-2H3,(H,17,18)/t10-/m0/s1. The summed E-state index contributed by atoms with van der Waals surface area (Å²) in [4.78, 5) is 24.9. The Bertz CT molecular complexity index is 481. The maximum atomic E-state index is 12.4. The molecule has 1 saturated heterocycles. The fourth-order valence-electron chi connectivity index (χ4n) is 2.40.